The van der Waals surface area contributed by atoms with E-state index < -0.39 is 0 Å². The van der Waals surface area contributed by atoms with Crippen molar-refractivity contribution in [1.82, 2.24) is 0 Å². The van der Waals surface area contributed by atoms with Gasteiger partial charge in [-0.25, -0.2) is 4.79 Å². The van der Waals surface area contributed by atoms with Crippen molar-refractivity contribution in [1.29, 1.82) is 0 Å². The Labute approximate surface area is 152 Å². The van der Waals surface area contributed by atoms with E-state index in [-0.39, 0.29) is 12.1 Å². The lowest BCUT2D eigenvalue weighted by Crippen LogP contribution is -2.44. The van der Waals surface area contributed by atoms with Crippen LogP contribution in [0.15, 0.2) is 36.4 Å². The first-order chi connectivity index (χ1) is 12.6. The number of hydrogen-bond donors (Lipinski definition) is 1. The number of fused-ring (bicyclic) bond motifs is 1. The summed E-state index contributed by atoms with van der Waals surface area (Å²) in [4.78, 5) is 14.5. The highest BCUT2D eigenvalue weighted by Gasteiger charge is 2.27. The van der Waals surface area contributed by atoms with Gasteiger partial charge in [0.05, 0.1) is 39.2 Å². The lowest BCUT2D eigenvalue weighted by atomic mass is 10.2. The second kappa shape index (κ2) is 7.43. The molecule has 0 bridgehead atoms. The Bertz CT molecular complexity index is 783. The Kier molecular flexibility index (Phi) is 5.06. The molecule has 1 aliphatic heterocycles. The van der Waals surface area contributed by atoms with Crippen molar-refractivity contribution >= 4 is 17.4 Å². The minimum absolute atomic E-state index is 0.101. The summed E-state index contributed by atoms with van der Waals surface area (Å²) in [5.74, 6) is 2.10. The molecule has 1 N–H and O–H groups in total. The Morgan fingerprint density at radius 3 is 2.38 bits per heavy atom. The minimum Gasteiger partial charge on any atom is -0.493 e. The second-order valence-corrected chi connectivity index (χ2v) is 5.85. The van der Waals surface area contributed by atoms with Crippen LogP contribution in [0.3, 0.4) is 0 Å². The van der Waals surface area contributed by atoms with Gasteiger partial charge in [0, 0.05) is 12.1 Å². The number of carbonyl (C=O) groups is 1. The highest BCUT2D eigenvalue weighted by molar-refractivity contribution is 6.03. The molecule has 0 saturated carbocycles. The van der Waals surface area contributed by atoms with E-state index >= 15 is 0 Å². The van der Waals surface area contributed by atoms with Gasteiger partial charge in [-0.3, -0.25) is 4.90 Å². The van der Waals surface area contributed by atoms with Crippen molar-refractivity contribution in [3.63, 3.8) is 0 Å². The standard InChI is InChI=1S/C19H22N2O5/c1-12-11-21(14-7-5-6-8-15(14)26-12)19(22)20-13-9-16(23-2)18(25-4)17(10-13)24-3/h5-10,12H,11H2,1-4H3,(H,20,22). The fourth-order valence-corrected chi connectivity index (χ4v) is 2.93. The highest BCUT2D eigenvalue weighted by Crippen LogP contribution is 2.40. The highest BCUT2D eigenvalue weighted by atomic mass is 16.5. The third-order valence-electron chi connectivity index (χ3n) is 4.09. The normalized spacial score (nSPS) is 15.5. The number of carbonyl (C=O) groups excluding carboxylic acids is 1. The van der Waals surface area contributed by atoms with Gasteiger partial charge in [0.25, 0.3) is 0 Å². The van der Waals surface area contributed by atoms with E-state index in [0.29, 0.717) is 35.2 Å². The number of ether oxygens (including phenoxy) is 4. The number of methoxy groups -OCH3 is 3. The first-order valence-corrected chi connectivity index (χ1v) is 8.21. The number of para-hydroxylation sites is 2. The SMILES string of the molecule is COc1cc(NC(=O)N2CC(C)Oc3ccccc32)cc(OC)c1OC. The Morgan fingerprint density at radius 2 is 1.77 bits per heavy atom. The molecule has 0 fully saturated rings. The Hall–Kier alpha value is -3.09. The molecule has 138 valence electrons. The average Bonchev–Trinajstić information content (AvgIpc) is 2.66. The molecule has 2 aromatic carbocycles. The quantitative estimate of drug-likeness (QED) is 0.905. The van der Waals surface area contributed by atoms with Crippen LogP contribution in [0, 0.1) is 0 Å². The molecule has 1 aliphatic rings. The molecule has 0 saturated heterocycles. The summed E-state index contributed by atoms with van der Waals surface area (Å²) in [5.41, 5.74) is 1.27. The third kappa shape index (κ3) is 3.33. The van der Waals surface area contributed by atoms with Gasteiger partial charge in [0.15, 0.2) is 11.5 Å². The fourth-order valence-electron chi connectivity index (χ4n) is 2.93. The van der Waals surface area contributed by atoms with Crippen LogP contribution in [0.1, 0.15) is 6.92 Å². The van der Waals surface area contributed by atoms with Gasteiger partial charge in [0.1, 0.15) is 11.9 Å². The van der Waals surface area contributed by atoms with Crippen molar-refractivity contribution in [3.8, 4) is 23.0 Å². The summed E-state index contributed by atoms with van der Waals surface area (Å²) in [5, 5.41) is 2.89. The van der Waals surface area contributed by atoms with E-state index in [1.54, 1.807) is 17.0 Å². The first kappa shape index (κ1) is 17.7. The van der Waals surface area contributed by atoms with Crippen LogP contribution in [0.2, 0.25) is 0 Å². The molecule has 3 rings (SSSR count). The minimum atomic E-state index is -0.262. The monoisotopic (exact) mass is 358 g/mol. The molecule has 0 radical (unpaired) electrons. The maximum absolute atomic E-state index is 12.9. The number of anilines is 2. The van der Waals surface area contributed by atoms with Crippen molar-refractivity contribution in [2.75, 3.05) is 38.1 Å². The molecule has 7 heteroatoms. The van der Waals surface area contributed by atoms with Crippen LogP contribution < -0.4 is 29.2 Å². The van der Waals surface area contributed by atoms with Crippen LogP contribution >= 0.6 is 0 Å². The first-order valence-electron chi connectivity index (χ1n) is 8.21. The third-order valence-corrected chi connectivity index (χ3v) is 4.09. The average molecular weight is 358 g/mol. The molecule has 26 heavy (non-hydrogen) atoms. The van der Waals surface area contributed by atoms with E-state index in [4.69, 9.17) is 18.9 Å². The van der Waals surface area contributed by atoms with Gasteiger partial charge in [0.2, 0.25) is 5.75 Å². The summed E-state index contributed by atoms with van der Waals surface area (Å²) < 4.78 is 21.8. The van der Waals surface area contributed by atoms with Gasteiger partial charge < -0.3 is 24.3 Å². The molecule has 1 unspecified atom stereocenters. The van der Waals surface area contributed by atoms with Gasteiger partial charge in [-0.1, -0.05) is 12.1 Å². The summed E-state index contributed by atoms with van der Waals surface area (Å²) >= 11 is 0. The molecule has 2 aromatic rings. The van der Waals surface area contributed by atoms with Gasteiger partial charge in [-0.05, 0) is 19.1 Å². The van der Waals surface area contributed by atoms with Crippen LogP contribution in [0.5, 0.6) is 23.0 Å². The summed E-state index contributed by atoms with van der Waals surface area (Å²) in [6.07, 6.45) is -0.101. The summed E-state index contributed by atoms with van der Waals surface area (Å²) in [6.45, 7) is 2.38. The van der Waals surface area contributed by atoms with Crippen LogP contribution in [-0.4, -0.2) is 40.0 Å². The van der Waals surface area contributed by atoms with E-state index in [2.05, 4.69) is 5.32 Å². The predicted molar refractivity (Wildman–Crippen MR) is 99.0 cm³/mol. The number of nitrogens with zero attached hydrogens (tertiary/aromatic N) is 1. The number of urea groups is 1. The molecular weight excluding hydrogens is 336 g/mol. The van der Waals surface area contributed by atoms with Crippen molar-refractivity contribution in [3.05, 3.63) is 36.4 Å². The molecule has 1 atom stereocenters. The summed E-state index contributed by atoms with van der Waals surface area (Å²) in [7, 11) is 4.59. The number of nitrogens with one attached hydrogen (secondary N) is 1. The molecule has 2 amide bonds. The predicted octanol–water partition coefficient (Wildman–Crippen LogP) is 3.53. The largest absolute Gasteiger partial charge is 0.493 e. The second-order valence-electron chi connectivity index (χ2n) is 5.85. The number of benzene rings is 2. The van der Waals surface area contributed by atoms with Gasteiger partial charge >= 0.3 is 6.03 Å². The zero-order chi connectivity index (χ0) is 18.7. The lowest BCUT2D eigenvalue weighted by Gasteiger charge is -2.33. The molecule has 1 heterocycles. The fraction of sp³-hybridized carbons (Fsp3) is 0.316. The van der Waals surface area contributed by atoms with E-state index in [9.17, 15) is 4.79 Å². The number of amides is 2. The van der Waals surface area contributed by atoms with Crippen molar-refractivity contribution < 1.29 is 23.7 Å². The molecule has 0 aromatic heterocycles. The van der Waals surface area contributed by atoms with E-state index in [1.165, 1.54) is 21.3 Å². The maximum Gasteiger partial charge on any atom is 0.326 e. The van der Waals surface area contributed by atoms with Crippen LogP contribution in [0.4, 0.5) is 16.2 Å². The number of rotatable bonds is 4. The van der Waals surface area contributed by atoms with Crippen LogP contribution in [0.25, 0.3) is 0 Å². The Balaban J connectivity index is 1.89. The van der Waals surface area contributed by atoms with Crippen molar-refractivity contribution in [2.24, 2.45) is 0 Å². The van der Waals surface area contributed by atoms with Crippen molar-refractivity contribution in [2.45, 2.75) is 13.0 Å². The molecule has 0 aliphatic carbocycles. The molecule has 0 spiro atoms. The Morgan fingerprint density at radius 1 is 1.12 bits per heavy atom. The smallest absolute Gasteiger partial charge is 0.326 e. The molecular formula is C19H22N2O5. The maximum atomic E-state index is 12.9. The number of hydrogen-bond acceptors (Lipinski definition) is 5. The van der Waals surface area contributed by atoms with Crippen LogP contribution in [-0.2, 0) is 0 Å². The van der Waals surface area contributed by atoms with Gasteiger partial charge in [-0.15, -0.1) is 0 Å². The zero-order valence-corrected chi connectivity index (χ0v) is 15.2. The van der Waals surface area contributed by atoms with E-state index in [0.717, 1.165) is 5.69 Å². The topological polar surface area (TPSA) is 69.3 Å². The summed E-state index contributed by atoms with van der Waals surface area (Å²) in [6, 6.07) is 10.6. The molecule has 7 nitrogen and oxygen atoms in total. The lowest BCUT2D eigenvalue weighted by molar-refractivity contribution is 0.208. The van der Waals surface area contributed by atoms with E-state index in [1.807, 2.05) is 31.2 Å². The van der Waals surface area contributed by atoms with Gasteiger partial charge in [-0.2, -0.15) is 0 Å². The zero-order valence-electron chi connectivity index (χ0n) is 15.2.